The summed E-state index contributed by atoms with van der Waals surface area (Å²) in [6, 6.07) is 0. The molecule has 0 N–H and O–H groups in total. The Labute approximate surface area is 78.6 Å². The van der Waals surface area contributed by atoms with Crippen LogP contribution in [0.25, 0.3) is 0 Å². The standard InChI is InChI=1S/C8H15NS2/c10-6-2-1-3-9-4-7-11-8-5-9/h1-2,10H,3-8H2. The lowest BCUT2D eigenvalue weighted by atomic mass is 10.4. The SMILES string of the molecule is SCC=CCN1CCSCC1. The third-order valence-electron chi connectivity index (χ3n) is 1.74. The van der Waals surface area contributed by atoms with E-state index in [1.54, 1.807) is 0 Å². The molecule has 11 heavy (non-hydrogen) atoms. The van der Waals surface area contributed by atoms with Crippen LogP contribution in [-0.4, -0.2) is 41.8 Å². The normalized spacial score (nSPS) is 21.2. The number of thiol groups is 1. The summed E-state index contributed by atoms with van der Waals surface area (Å²) in [4.78, 5) is 2.48. The van der Waals surface area contributed by atoms with E-state index >= 15 is 0 Å². The van der Waals surface area contributed by atoms with E-state index in [4.69, 9.17) is 0 Å². The zero-order valence-electron chi connectivity index (χ0n) is 6.70. The second kappa shape index (κ2) is 5.98. The van der Waals surface area contributed by atoms with Gasteiger partial charge >= 0.3 is 0 Å². The molecule has 0 aromatic carbocycles. The fraction of sp³-hybridized carbons (Fsp3) is 0.750. The van der Waals surface area contributed by atoms with E-state index in [0.717, 1.165) is 12.3 Å². The van der Waals surface area contributed by atoms with Crippen LogP contribution >= 0.6 is 24.4 Å². The highest BCUT2D eigenvalue weighted by Crippen LogP contribution is 2.08. The smallest absolute Gasteiger partial charge is 0.0164 e. The molecule has 1 nitrogen and oxygen atoms in total. The maximum absolute atomic E-state index is 4.11. The van der Waals surface area contributed by atoms with Gasteiger partial charge in [0, 0.05) is 36.9 Å². The van der Waals surface area contributed by atoms with Gasteiger partial charge in [0.25, 0.3) is 0 Å². The maximum atomic E-state index is 4.11. The summed E-state index contributed by atoms with van der Waals surface area (Å²) in [7, 11) is 0. The zero-order chi connectivity index (χ0) is 7.94. The summed E-state index contributed by atoms with van der Waals surface area (Å²) in [6.07, 6.45) is 4.33. The van der Waals surface area contributed by atoms with Crippen LogP contribution in [0.15, 0.2) is 12.2 Å². The molecule has 0 saturated carbocycles. The summed E-state index contributed by atoms with van der Waals surface area (Å²) in [6.45, 7) is 3.62. The van der Waals surface area contributed by atoms with Gasteiger partial charge in [0.15, 0.2) is 0 Å². The number of hydrogen-bond acceptors (Lipinski definition) is 3. The molecule has 0 aromatic rings. The van der Waals surface area contributed by atoms with Crippen LogP contribution < -0.4 is 0 Å². The van der Waals surface area contributed by atoms with Crippen molar-refractivity contribution in [3.63, 3.8) is 0 Å². The molecule has 0 bridgehead atoms. The predicted molar refractivity (Wildman–Crippen MR) is 56.8 cm³/mol. The first-order valence-electron chi connectivity index (χ1n) is 3.99. The summed E-state index contributed by atoms with van der Waals surface area (Å²) in [5.74, 6) is 3.46. The third kappa shape index (κ3) is 4.09. The topological polar surface area (TPSA) is 3.24 Å². The Hall–Kier alpha value is 0.400. The van der Waals surface area contributed by atoms with Gasteiger partial charge in [-0.2, -0.15) is 24.4 Å². The molecule has 1 fully saturated rings. The van der Waals surface area contributed by atoms with E-state index in [9.17, 15) is 0 Å². The Bertz CT molecular complexity index is 119. The maximum Gasteiger partial charge on any atom is 0.0164 e. The van der Waals surface area contributed by atoms with E-state index in [1.807, 2.05) is 0 Å². The number of hydrogen-bond donors (Lipinski definition) is 1. The molecule has 0 spiro atoms. The van der Waals surface area contributed by atoms with Crippen molar-refractivity contribution in [2.75, 3.05) is 36.9 Å². The van der Waals surface area contributed by atoms with Gasteiger partial charge in [0.05, 0.1) is 0 Å². The van der Waals surface area contributed by atoms with E-state index in [2.05, 4.69) is 41.4 Å². The second-order valence-electron chi connectivity index (χ2n) is 2.57. The van der Waals surface area contributed by atoms with Gasteiger partial charge in [-0.3, -0.25) is 4.90 Å². The highest BCUT2D eigenvalue weighted by Gasteiger charge is 2.07. The summed E-state index contributed by atoms with van der Waals surface area (Å²) < 4.78 is 0. The van der Waals surface area contributed by atoms with E-state index < -0.39 is 0 Å². The monoisotopic (exact) mass is 189 g/mol. The van der Waals surface area contributed by atoms with Crippen molar-refractivity contribution in [3.8, 4) is 0 Å². The van der Waals surface area contributed by atoms with Crippen molar-refractivity contribution >= 4 is 24.4 Å². The number of rotatable bonds is 3. The van der Waals surface area contributed by atoms with Crippen molar-refractivity contribution < 1.29 is 0 Å². The van der Waals surface area contributed by atoms with Crippen molar-refractivity contribution in [2.24, 2.45) is 0 Å². The Morgan fingerprint density at radius 1 is 1.27 bits per heavy atom. The molecule has 3 heteroatoms. The van der Waals surface area contributed by atoms with Crippen LogP contribution in [0.4, 0.5) is 0 Å². The first kappa shape index (κ1) is 9.49. The first-order valence-corrected chi connectivity index (χ1v) is 5.78. The van der Waals surface area contributed by atoms with Crippen molar-refractivity contribution in [3.05, 3.63) is 12.2 Å². The molecule has 0 aromatic heterocycles. The van der Waals surface area contributed by atoms with Crippen molar-refractivity contribution in [2.45, 2.75) is 0 Å². The summed E-state index contributed by atoms with van der Waals surface area (Å²) >= 11 is 6.17. The van der Waals surface area contributed by atoms with E-state index in [0.29, 0.717) is 0 Å². The molecule has 1 heterocycles. The molecule has 1 aliphatic rings. The fourth-order valence-corrected chi connectivity index (χ4v) is 2.21. The highest BCUT2D eigenvalue weighted by molar-refractivity contribution is 7.99. The Morgan fingerprint density at radius 2 is 2.00 bits per heavy atom. The Kier molecular flexibility index (Phi) is 5.15. The largest absolute Gasteiger partial charge is 0.298 e. The Morgan fingerprint density at radius 3 is 2.64 bits per heavy atom. The van der Waals surface area contributed by atoms with Crippen molar-refractivity contribution in [1.82, 2.24) is 4.90 Å². The van der Waals surface area contributed by atoms with E-state index in [1.165, 1.54) is 24.6 Å². The van der Waals surface area contributed by atoms with Gasteiger partial charge < -0.3 is 0 Å². The van der Waals surface area contributed by atoms with Crippen LogP contribution in [0, 0.1) is 0 Å². The third-order valence-corrected chi connectivity index (χ3v) is 2.89. The lowest BCUT2D eigenvalue weighted by Crippen LogP contribution is -2.32. The zero-order valence-corrected chi connectivity index (χ0v) is 8.41. The second-order valence-corrected chi connectivity index (χ2v) is 4.16. The molecule has 1 aliphatic heterocycles. The lowest BCUT2D eigenvalue weighted by Gasteiger charge is -2.24. The highest BCUT2D eigenvalue weighted by atomic mass is 32.2. The average molecular weight is 189 g/mol. The molecule has 0 amide bonds. The molecular formula is C8H15NS2. The van der Waals surface area contributed by atoms with Gasteiger partial charge in [0.1, 0.15) is 0 Å². The van der Waals surface area contributed by atoms with Gasteiger partial charge in [0.2, 0.25) is 0 Å². The molecule has 1 saturated heterocycles. The summed E-state index contributed by atoms with van der Waals surface area (Å²) in [5.41, 5.74) is 0. The molecule has 64 valence electrons. The first-order chi connectivity index (χ1) is 5.43. The van der Waals surface area contributed by atoms with Gasteiger partial charge in [-0.25, -0.2) is 0 Å². The van der Waals surface area contributed by atoms with Crippen LogP contribution in [0.2, 0.25) is 0 Å². The van der Waals surface area contributed by atoms with E-state index in [-0.39, 0.29) is 0 Å². The molecular weight excluding hydrogens is 174 g/mol. The molecule has 0 radical (unpaired) electrons. The molecule has 0 unspecified atom stereocenters. The van der Waals surface area contributed by atoms with Gasteiger partial charge in [-0.15, -0.1) is 0 Å². The van der Waals surface area contributed by atoms with Gasteiger partial charge in [-0.05, 0) is 0 Å². The Balaban J connectivity index is 2.09. The number of thioether (sulfide) groups is 1. The minimum absolute atomic E-state index is 0.864. The minimum atomic E-state index is 0.864. The van der Waals surface area contributed by atoms with Crippen LogP contribution in [0.1, 0.15) is 0 Å². The lowest BCUT2D eigenvalue weighted by molar-refractivity contribution is 0.336. The van der Waals surface area contributed by atoms with Crippen LogP contribution in [0.5, 0.6) is 0 Å². The predicted octanol–water partition coefficient (Wildman–Crippen LogP) is 1.52. The average Bonchev–Trinajstić information content (AvgIpc) is 2.07. The van der Waals surface area contributed by atoms with Crippen LogP contribution in [-0.2, 0) is 0 Å². The van der Waals surface area contributed by atoms with Crippen LogP contribution in [0.3, 0.4) is 0 Å². The molecule has 0 aliphatic carbocycles. The number of nitrogens with zero attached hydrogens (tertiary/aromatic N) is 1. The minimum Gasteiger partial charge on any atom is -0.298 e. The van der Waals surface area contributed by atoms with Gasteiger partial charge in [-0.1, -0.05) is 12.2 Å². The molecule has 1 rings (SSSR count). The quantitative estimate of drug-likeness (QED) is 0.530. The molecule has 0 atom stereocenters. The fourth-order valence-electron chi connectivity index (χ4n) is 1.08. The summed E-state index contributed by atoms with van der Waals surface area (Å²) in [5, 5.41) is 0. The van der Waals surface area contributed by atoms with Crippen molar-refractivity contribution in [1.29, 1.82) is 0 Å².